The van der Waals surface area contributed by atoms with Gasteiger partial charge in [-0.25, -0.2) is 0 Å². The molecule has 0 bridgehead atoms. The summed E-state index contributed by atoms with van der Waals surface area (Å²) in [7, 11) is 0. The lowest BCUT2D eigenvalue weighted by atomic mass is 9.99. The molecule has 1 atom stereocenters. The SMILES string of the molecule is CCCNCc1cc(CN2CCN3CCCCC3C2)on1. The van der Waals surface area contributed by atoms with Crippen molar-refractivity contribution in [3.8, 4) is 0 Å². The number of hydrogen-bond acceptors (Lipinski definition) is 5. The standard InChI is InChI=1S/C16H28N4O/c1-2-6-17-11-14-10-16(21-18-14)13-19-8-9-20-7-4-3-5-15(20)12-19/h10,15,17H,2-9,11-13H2,1H3. The van der Waals surface area contributed by atoms with Crippen LogP contribution in [0.4, 0.5) is 0 Å². The van der Waals surface area contributed by atoms with Crippen LogP contribution >= 0.6 is 0 Å². The topological polar surface area (TPSA) is 44.5 Å². The van der Waals surface area contributed by atoms with E-state index in [0.29, 0.717) is 0 Å². The molecule has 2 saturated heterocycles. The first-order valence-corrected chi connectivity index (χ1v) is 8.46. The van der Waals surface area contributed by atoms with Crippen molar-refractivity contribution in [2.45, 2.75) is 51.7 Å². The van der Waals surface area contributed by atoms with Gasteiger partial charge in [0.2, 0.25) is 0 Å². The van der Waals surface area contributed by atoms with E-state index in [-0.39, 0.29) is 0 Å². The van der Waals surface area contributed by atoms with Crippen LogP contribution in [0.1, 0.15) is 44.1 Å². The summed E-state index contributed by atoms with van der Waals surface area (Å²) in [5.74, 6) is 1.01. The van der Waals surface area contributed by atoms with Gasteiger partial charge in [0, 0.05) is 38.3 Å². The number of piperidine rings is 1. The maximum absolute atomic E-state index is 5.49. The van der Waals surface area contributed by atoms with Gasteiger partial charge in [-0.2, -0.15) is 0 Å². The van der Waals surface area contributed by atoms with Gasteiger partial charge in [-0.05, 0) is 32.4 Å². The van der Waals surface area contributed by atoms with Crippen molar-refractivity contribution < 1.29 is 4.52 Å². The lowest BCUT2D eigenvalue weighted by Gasteiger charge is -2.43. The molecule has 118 valence electrons. The molecule has 1 unspecified atom stereocenters. The van der Waals surface area contributed by atoms with Crippen LogP contribution in [0, 0.1) is 0 Å². The highest BCUT2D eigenvalue weighted by Gasteiger charge is 2.29. The summed E-state index contributed by atoms with van der Waals surface area (Å²) >= 11 is 0. The summed E-state index contributed by atoms with van der Waals surface area (Å²) in [5, 5.41) is 7.52. The maximum Gasteiger partial charge on any atom is 0.151 e. The van der Waals surface area contributed by atoms with Gasteiger partial charge in [0.15, 0.2) is 5.76 Å². The Labute approximate surface area is 127 Å². The van der Waals surface area contributed by atoms with Crippen molar-refractivity contribution in [3.63, 3.8) is 0 Å². The monoisotopic (exact) mass is 292 g/mol. The molecule has 3 rings (SSSR count). The van der Waals surface area contributed by atoms with Crippen molar-refractivity contribution in [1.82, 2.24) is 20.3 Å². The molecule has 0 amide bonds. The zero-order valence-electron chi connectivity index (χ0n) is 13.2. The average Bonchev–Trinajstić information content (AvgIpc) is 2.95. The first kappa shape index (κ1) is 15.0. The normalized spacial score (nSPS) is 24.1. The summed E-state index contributed by atoms with van der Waals surface area (Å²) in [6.07, 6.45) is 5.28. The number of nitrogens with one attached hydrogen (secondary N) is 1. The molecule has 0 aromatic carbocycles. The fourth-order valence-corrected chi connectivity index (χ4v) is 3.49. The minimum atomic E-state index is 0.765. The second-order valence-corrected chi connectivity index (χ2v) is 6.38. The zero-order valence-corrected chi connectivity index (χ0v) is 13.2. The van der Waals surface area contributed by atoms with Gasteiger partial charge in [-0.15, -0.1) is 0 Å². The molecule has 1 aromatic heterocycles. The van der Waals surface area contributed by atoms with Crippen LogP contribution < -0.4 is 5.32 Å². The number of fused-ring (bicyclic) bond motifs is 1. The van der Waals surface area contributed by atoms with Crippen molar-refractivity contribution in [2.24, 2.45) is 0 Å². The first-order chi connectivity index (χ1) is 10.3. The van der Waals surface area contributed by atoms with Crippen LogP contribution in [0.25, 0.3) is 0 Å². The third-order valence-electron chi connectivity index (χ3n) is 4.64. The van der Waals surface area contributed by atoms with Gasteiger partial charge in [-0.3, -0.25) is 9.80 Å². The van der Waals surface area contributed by atoms with Crippen LogP contribution in [0.15, 0.2) is 10.6 Å². The van der Waals surface area contributed by atoms with Gasteiger partial charge in [0.25, 0.3) is 0 Å². The van der Waals surface area contributed by atoms with Crippen LogP contribution in [-0.4, -0.2) is 53.7 Å². The fourth-order valence-electron chi connectivity index (χ4n) is 3.49. The molecule has 5 heteroatoms. The van der Waals surface area contributed by atoms with E-state index in [9.17, 15) is 0 Å². The molecule has 1 N–H and O–H groups in total. The second-order valence-electron chi connectivity index (χ2n) is 6.38. The molecule has 0 aliphatic carbocycles. The Morgan fingerprint density at radius 2 is 2.29 bits per heavy atom. The Bertz CT molecular complexity index is 434. The first-order valence-electron chi connectivity index (χ1n) is 8.46. The van der Waals surface area contributed by atoms with E-state index in [1.807, 2.05) is 0 Å². The van der Waals surface area contributed by atoms with Crippen molar-refractivity contribution in [3.05, 3.63) is 17.5 Å². The quantitative estimate of drug-likeness (QED) is 0.811. The van der Waals surface area contributed by atoms with E-state index < -0.39 is 0 Å². The van der Waals surface area contributed by atoms with Gasteiger partial charge in [-0.1, -0.05) is 18.5 Å². The molecular weight excluding hydrogens is 264 g/mol. The van der Waals surface area contributed by atoms with Crippen molar-refractivity contribution >= 4 is 0 Å². The van der Waals surface area contributed by atoms with Crippen LogP contribution in [0.5, 0.6) is 0 Å². The fraction of sp³-hybridized carbons (Fsp3) is 0.812. The highest BCUT2D eigenvalue weighted by molar-refractivity contribution is 5.05. The Hall–Kier alpha value is -0.910. The third-order valence-corrected chi connectivity index (χ3v) is 4.64. The average molecular weight is 292 g/mol. The van der Waals surface area contributed by atoms with Crippen LogP contribution in [0.3, 0.4) is 0 Å². The Balaban J connectivity index is 1.48. The molecule has 21 heavy (non-hydrogen) atoms. The van der Waals surface area contributed by atoms with Crippen molar-refractivity contribution in [1.29, 1.82) is 0 Å². The van der Waals surface area contributed by atoms with E-state index in [4.69, 9.17) is 4.52 Å². The largest absolute Gasteiger partial charge is 0.360 e. The molecule has 3 heterocycles. The minimum absolute atomic E-state index is 0.765. The second kappa shape index (κ2) is 7.38. The van der Waals surface area contributed by atoms with E-state index in [2.05, 4.69) is 33.3 Å². The summed E-state index contributed by atoms with van der Waals surface area (Å²) in [6.45, 7) is 9.78. The van der Waals surface area contributed by atoms with Crippen molar-refractivity contribution in [2.75, 3.05) is 32.7 Å². The number of aromatic nitrogens is 1. The van der Waals surface area contributed by atoms with Crippen LogP contribution in [-0.2, 0) is 13.1 Å². The number of rotatable bonds is 6. The number of piperazine rings is 1. The zero-order chi connectivity index (χ0) is 14.5. The molecule has 2 aliphatic rings. The van der Waals surface area contributed by atoms with Gasteiger partial charge < -0.3 is 9.84 Å². The van der Waals surface area contributed by atoms with E-state index in [1.165, 1.54) is 38.9 Å². The maximum atomic E-state index is 5.49. The predicted molar refractivity (Wildman–Crippen MR) is 83.0 cm³/mol. The smallest absolute Gasteiger partial charge is 0.151 e. The van der Waals surface area contributed by atoms with Crippen LogP contribution in [0.2, 0.25) is 0 Å². The summed E-state index contributed by atoms with van der Waals surface area (Å²) in [6, 6.07) is 2.87. The molecule has 0 spiro atoms. The third kappa shape index (κ3) is 4.05. The highest BCUT2D eigenvalue weighted by Crippen LogP contribution is 2.22. The molecule has 2 aliphatic heterocycles. The number of hydrogen-bond donors (Lipinski definition) is 1. The van der Waals surface area contributed by atoms with E-state index >= 15 is 0 Å². The van der Waals surface area contributed by atoms with Gasteiger partial charge in [0.05, 0.1) is 12.2 Å². The molecule has 2 fully saturated rings. The van der Waals surface area contributed by atoms with E-state index in [0.717, 1.165) is 50.1 Å². The number of nitrogens with zero attached hydrogens (tertiary/aromatic N) is 3. The van der Waals surface area contributed by atoms with E-state index in [1.54, 1.807) is 0 Å². The molecule has 0 radical (unpaired) electrons. The van der Waals surface area contributed by atoms with Gasteiger partial charge >= 0.3 is 0 Å². The molecule has 1 aromatic rings. The van der Waals surface area contributed by atoms with Gasteiger partial charge in [0.1, 0.15) is 0 Å². The molecule has 0 saturated carbocycles. The summed E-state index contributed by atoms with van der Waals surface area (Å²) in [5.41, 5.74) is 1.02. The Morgan fingerprint density at radius 3 is 3.19 bits per heavy atom. The summed E-state index contributed by atoms with van der Waals surface area (Å²) in [4.78, 5) is 5.19. The highest BCUT2D eigenvalue weighted by atomic mass is 16.5. The Morgan fingerprint density at radius 1 is 1.33 bits per heavy atom. The lowest BCUT2D eigenvalue weighted by Crippen LogP contribution is -2.54. The summed E-state index contributed by atoms with van der Waals surface area (Å²) < 4.78 is 5.49. The minimum Gasteiger partial charge on any atom is -0.360 e. The Kier molecular flexibility index (Phi) is 5.27. The molecular formula is C16H28N4O. The molecule has 5 nitrogen and oxygen atoms in total. The lowest BCUT2D eigenvalue weighted by molar-refractivity contribution is 0.0417. The predicted octanol–water partition coefficient (Wildman–Crippen LogP) is 1.84.